The predicted molar refractivity (Wildman–Crippen MR) is 101 cm³/mol. The van der Waals surface area contributed by atoms with E-state index in [-0.39, 0.29) is 6.03 Å². The molecule has 0 aliphatic heterocycles. The molecule has 0 unspecified atom stereocenters. The van der Waals surface area contributed by atoms with E-state index in [1.54, 1.807) is 0 Å². The van der Waals surface area contributed by atoms with Gasteiger partial charge in [0.15, 0.2) is 0 Å². The number of hydrogen-bond acceptors (Lipinski definition) is 3. The van der Waals surface area contributed by atoms with Crippen LogP contribution in [0.4, 0.5) is 15.3 Å². The van der Waals surface area contributed by atoms with Crippen LogP contribution < -0.4 is 16.0 Å². The molecule has 6 heteroatoms. The summed E-state index contributed by atoms with van der Waals surface area (Å²) in [5.74, 6) is 0. The summed E-state index contributed by atoms with van der Waals surface area (Å²) < 4.78 is 5.20. The zero-order valence-corrected chi connectivity index (χ0v) is 15.8. The molecule has 3 amide bonds. The number of urea groups is 1. The molecular formula is C19H31N3O3. The Morgan fingerprint density at radius 1 is 1.08 bits per heavy atom. The zero-order valence-electron chi connectivity index (χ0n) is 15.8. The van der Waals surface area contributed by atoms with Gasteiger partial charge in [0.1, 0.15) is 5.60 Å². The summed E-state index contributed by atoms with van der Waals surface area (Å²) in [6.07, 6.45) is 4.02. The van der Waals surface area contributed by atoms with Crippen LogP contribution in [0.3, 0.4) is 0 Å². The fraction of sp³-hybridized carbons (Fsp3) is 0.579. The maximum Gasteiger partial charge on any atom is 0.407 e. The molecule has 1 aromatic carbocycles. The van der Waals surface area contributed by atoms with E-state index in [0.29, 0.717) is 18.8 Å². The molecule has 140 valence electrons. The fourth-order valence-electron chi connectivity index (χ4n) is 2.18. The first-order chi connectivity index (χ1) is 11.8. The van der Waals surface area contributed by atoms with Crippen LogP contribution >= 0.6 is 0 Å². The Balaban J connectivity index is 2.39. The predicted octanol–water partition coefficient (Wildman–Crippen LogP) is 4.41. The van der Waals surface area contributed by atoms with Gasteiger partial charge in [-0.3, -0.25) is 0 Å². The van der Waals surface area contributed by atoms with Gasteiger partial charge in [-0.2, -0.15) is 0 Å². The van der Waals surface area contributed by atoms with Gasteiger partial charge < -0.3 is 20.7 Å². The van der Waals surface area contributed by atoms with E-state index in [4.69, 9.17) is 4.74 Å². The minimum Gasteiger partial charge on any atom is -0.444 e. The van der Waals surface area contributed by atoms with Crippen molar-refractivity contribution in [2.24, 2.45) is 0 Å². The van der Waals surface area contributed by atoms with Gasteiger partial charge in [0.05, 0.1) is 0 Å². The van der Waals surface area contributed by atoms with Gasteiger partial charge >= 0.3 is 12.1 Å². The molecule has 0 aromatic heterocycles. The molecular weight excluding hydrogens is 318 g/mol. The molecule has 0 bridgehead atoms. The first-order valence-corrected chi connectivity index (χ1v) is 8.91. The smallest absolute Gasteiger partial charge is 0.407 e. The highest BCUT2D eigenvalue weighted by atomic mass is 16.6. The van der Waals surface area contributed by atoms with E-state index in [1.807, 2.05) is 45.0 Å². The number of unbranched alkanes of at least 4 members (excludes halogenated alkanes) is 3. The van der Waals surface area contributed by atoms with Gasteiger partial charge in [-0.1, -0.05) is 38.3 Å². The van der Waals surface area contributed by atoms with Crippen molar-refractivity contribution in [2.75, 3.05) is 11.9 Å². The molecule has 0 saturated carbocycles. The minimum atomic E-state index is -0.525. The summed E-state index contributed by atoms with van der Waals surface area (Å²) in [4.78, 5) is 23.5. The summed E-state index contributed by atoms with van der Waals surface area (Å²) in [5, 5.41) is 8.35. The first kappa shape index (κ1) is 20.8. The summed E-state index contributed by atoms with van der Waals surface area (Å²) >= 11 is 0. The Morgan fingerprint density at radius 2 is 1.84 bits per heavy atom. The summed E-state index contributed by atoms with van der Waals surface area (Å²) in [6, 6.07) is 7.14. The third kappa shape index (κ3) is 10.3. The van der Waals surface area contributed by atoms with Crippen LogP contribution in [0.25, 0.3) is 0 Å². The van der Waals surface area contributed by atoms with Crippen molar-refractivity contribution in [3.63, 3.8) is 0 Å². The van der Waals surface area contributed by atoms with E-state index < -0.39 is 11.7 Å². The number of nitrogens with one attached hydrogen (secondary N) is 3. The molecule has 3 N–H and O–H groups in total. The van der Waals surface area contributed by atoms with Crippen LogP contribution in [0.1, 0.15) is 58.9 Å². The number of carbonyl (C=O) groups excluding carboxylic acids is 2. The van der Waals surface area contributed by atoms with Crippen LogP contribution in [0.15, 0.2) is 24.3 Å². The summed E-state index contributed by atoms with van der Waals surface area (Å²) in [7, 11) is 0. The summed E-state index contributed by atoms with van der Waals surface area (Å²) in [5.41, 5.74) is 1.05. The average molecular weight is 349 g/mol. The summed E-state index contributed by atoms with van der Waals surface area (Å²) in [6.45, 7) is 8.62. The number of anilines is 1. The van der Waals surface area contributed by atoms with E-state index >= 15 is 0 Å². The second kappa shape index (κ2) is 10.6. The van der Waals surface area contributed by atoms with Gasteiger partial charge in [-0.25, -0.2) is 9.59 Å². The standard InChI is InChI=1S/C19H31N3O3/c1-5-6-7-8-12-20-17(23)22-16-11-9-10-15(13-16)14-21-18(24)25-19(2,3)4/h9-11,13H,5-8,12,14H2,1-4H3,(H,21,24)(H2,20,22,23). The maximum atomic E-state index is 11.9. The SMILES string of the molecule is CCCCCCNC(=O)Nc1cccc(CNC(=O)OC(C)(C)C)c1. The quantitative estimate of drug-likeness (QED) is 0.608. The molecule has 0 spiro atoms. The topological polar surface area (TPSA) is 79.5 Å². The molecule has 0 saturated heterocycles. The lowest BCUT2D eigenvalue weighted by Crippen LogP contribution is -2.32. The van der Waals surface area contributed by atoms with Crippen LogP contribution in [-0.4, -0.2) is 24.3 Å². The van der Waals surface area contributed by atoms with E-state index in [0.717, 1.165) is 18.4 Å². The third-order valence-electron chi connectivity index (χ3n) is 3.34. The van der Waals surface area contributed by atoms with Gasteiger partial charge in [0, 0.05) is 18.8 Å². The number of benzene rings is 1. The second-order valence-electron chi connectivity index (χ2n) is 7.00. The lowest BCUT2D eigenvalue weighted by atomic mass is 10.2. The molecule has 0 radical (unpaired) electrons. The molecule has 0 aliphatic rings. The van der Waals surface area contributed by atoms with Gasteiger partial charge in [-0.05, 0) is 44.9 Å². The maximum absolute atomic E-state index is 11.9. The number of hydrogen-bond donors (Lipinski definition) is 3. The monoisotopic (exact) mass is 349 g/mol. The normalized spacial score (nSPS) is 10.9. The van der Waals surface area contributed by atoms with Crippen molar-refractivity contribution in [1.82, 2.24) is 10.6 Å². The third-order valence-corrected chi connectivity index (χ3v) is 3.34. The molecule has 25 heavy (non-hydrogen) atoms. The Hall–Kier alpha value is -2.24. The van der Waals surface area contributed by atoms with Crippen LogP contribution in [0.2, 0.25) is 0 Å². The lowest BCUT2D eigenvalue weighted by Gasteiger charge is -2.19. The van der Waals surface area contributed by atoms with Crippen molar-refractivity contribution in [3.8, 4) is 0 Å². The van der Waals surface area contributed by atoms with Gasteiger partial charge in [0.25, 0.3) is 0 Å². The average Bonchev–Trinajstić information content (AvgIpc) is 2.51. The largest absolute Gasteiger partial charge is 0.444 e. The number of ether oxygens (including phenoxy) is 1. The highest BCUT2D eigenvalue weighted by Gasteiger charge is 2.15. The van der Waals surface area contributed by atoms with E-state index in [2.05, 4.69) is 22.9 Å². The molecule has 0 fully saturated rings. The lowest BCUT2D eigenvalue weighted by molar-refractivity contribution is 0.0523. The van der Waals surface area contributed by atoms with Crippen molar-refractivity contribution >= 4 is 17.8 Å². The number of rotatable bonds is 8. The Bertz CT molecular complexity index is 553. The highest BCUT2D eigenvalue weighted by molar-refractivity contribution is 5.89. The number of alkyl carbamates (subject to hydrolysis) is 1. The minimum absolute atomic E-state index is 0.214. The van der Waals surface area contributed by atoms with Crippen LogP contribution in [-0.2, 0) is 11.3 Å². The Kier molecular flexibility index (Phi) is 8.81. The van der Waals surface area contributed by atoms with E-state index in [1.165, 1.54) is 12.8 Å². The Morgan fingerprint density at radius 3 is 2.52 bits per heavy atom. The first-order valence-electron chi connectivity index (χ1n) is 8.91. The van der Waals surface area contributed by atoms with Gasteiger partial charge in [0.2, 0.25) is 0 Å². The number of carbonyl (C=O) groups is 2. The number of amides is 3. The van der Waals surface area contributed by atoms with Crippen molar-refractivity contribution in [2.45, 2.75) is 65.5 Å². The van der Waals surface area contributed by atoms with Crippen LogP contribution in [0, 0.1) is 0 Å². The van der Waals surface area contributed by atoms with Crippen molar-refractivity contribution in [1.29, 1.82) is 0 Å². The molecule has 0 aliphatic carbocycles. The molecule has 1 aromatic rings. The van der Waals surface area contributed by atoms with Crippen molar-refractivity contribution < 1.29 is 14.3 Å². The zero-order chi connectivity index (χ0) is 18.7. The van der Waals surface area contributed by atoms with Gasteiger partial charge in [-0.15, -0.1) is 0 Å². The van der Waals surface area contributed by atoms with E-state index in [9.17, 15) is 9.59 Å². The molecule has 0 atom stereocenters. The second-order valence-corrected chi connectivity index (χ2v) is 7.00. The molecule has 0 heterocycles. The Labute approximate surface area is 150 Å². The molecule has 1 rings (SSSR count). The molecule has 6 nitrogen and oxygen atoms in total. The highest BCUT2D eigenvalue weighted by Crippen LogP contribution is 2.11. The fourth-order valence-corrected chi connectivity index (χ4v) is 2.18. The van der Waals surface area contributed by atoms with Crippen LogP contribution in [0.5, 0.6) is 0 Å². The van der Waals surface area contributed by atoms with Crippen molar-refractivity contribution in [3.05, 3.63) is 29.8 Å².